The smallest absolute Gasteiger partial charge is 0.216 e. The lowest BCUT2D eigenvalue weighted by Gasteiger charge is -2.20. The van der Waals surface area contributed by atoms with Crippen LogP contribution in [0.3, 0.4) is 0 Å². The van der Waals surface area contributed by atoms with Crippen LogP contribution >= 0.6 is 0 Å². The molecule has 0 bridgehead atoms. The van der Waals surface area contributed by atoms with E-state index in [4.69, 9.17) is 9.47 Å². The number of hydrogen-bond donors (Lipinski definition) is 0. The number of ether oxygens (including phenoxy) is 2. The molecule has 6 nitrogen and oxygen atoms in total. The minimum Gasteiger partial charge on any atom is -0.497 e. The molecule has 2 aromatic heterocycles. The molecule has 0 radical (unpaired) electrons. The first-order valence-corrected chi connectivity index (χ1v) is 9.61. The number of pyridine rings is 1. The monoisotopic (exact) mass is 402 g/mol. The van der Waals surface area contributed by atoms with Crippen molar-refractivity contribution in [2.75, 3.05) is 20.8 Å². The molecule has 1 atom stereocenters. The van der Waals surface area contributed by atoms with Gasteiger partial charge < -0.3 is 13.9 Å². The summed E-state index contributed by atoms with van der Waals surface area (Å²) in [6, 6.07) is 23.3. The summed E-state index contributed by atoms with van der Waals surface area (Å²) < 4.78 is 12.9. The minimum atomic E-state index is -0.513. The Kier molecular flexibility index (Phi) is 5.39. The van der Waals surface area contributed by atoms with Crippen molar-refractivity contribution in [1.29, 1.82) is 0 Å². The number of nitrogens with zero attached hydrogens (tertiary/aromatic N) is 2. The molecule has 0 saturated heterocycles. The molecule has 0 fully saturated rings. The van der Waals surface area contributed by atoms with Crippen molar-refractivity contribution < 1.29 is 14.4 Å². The molecule has 2 aromatic carbocycles. The van der Waals surface area contributed by atoms with E-state index in [-0.39, 0.29) is 11.5 Å². The SMILES string of the molecule is COc1ccc([C@H](C[N+](=O)[O-])c2c(-c3ccccc3)cc3ccccn23)c(OC)c1. The summed E-state index contributed by atoms with van der Waals surface area (Å²) in [4.78, 5) is 11.4. The van der Waals surface area contributed by atoms with Crippen molar-refractivity contribution in [2.24, 2.45) is 0 Å². The average Bonchev–Trinajstić information content (AvgIpc) is 3.17. The van der Waals surface area contributed by atoms with Gasteiger partial charge in [-0.15, -0.1) is 0 Å². The van der Waals surface area contributed by atoms with Crippen LogP contribution in [0, 0.1) is 10.1 Å². The molecular weight excluding hydrogens is 380 g/mol. The molecule has 0 aliphatic rings. The van der Waals surface area contributed by atoms with Gasteiger partial charge in [-0.25, -0.2) is 0 Å². The van der Waals surface area contributed by atoms with Gasteiger partial charge in [0.15, 0.2) is 0 Å². The Morgan fingerprint density at radius 1 is 0.967 bits per heavy atom. The number of methoxy groups -OCH3 is 2. The Balaban J connectivity index is 2.00. The highest BCUT2D eigenvalue weighted by Gasteiger charge is 2.29. The second-order valence-electron chi connectivity index (χ2n) is 6.98. The summed E-state index contributed by atoms with van der Waals surface area (Å²) in [5, 5.41) is 11.7. The van der Waals surface area contributed by atoms with E-state index in [2.05, 4.69) is 6.07 Å². The van der Waals surface area contributed by atoms with Crippen molar-refractivity contribution in [3.63, 3.8) is 0 Å². The Morgan fingerprint density at radius 3 is 2.43 bits per heavy atom. The van der Waals surface area contributed by atoms with Gasteiger partial charge in [0.2, 0.25) is 6.54 Å². The molecule has 6 heteroatoms. The molecule has 2 heterocycles. The van der Waals surface area contributed by atoms with E-state index < -0.39 is 5.92 Å². The van der Waals surface area contributed by atoms with Gasteiger partial charge in [-0.05, 0) is 29.8 Å². The van der Waals surface area contributed by atoms with Gasteiger partial charge in [0.05, 0.1) is 20.1 Å². The lowest BCUT2D eigenvalue weighted by atomic mass is 9.90. The molecule has 0 aliphatic carbocycles. The van der Waals surface area contributed by atoms with E-state index in [0.717, 1.165) is 27.9 Å². The van der Waals surface area contributed by atoms with Crippen LogP contribution in [0.15, 0.2) is 79.0 Å². The fraction of sp³-hybridized carbons (Fsp3) is 0.167. The van der Waals surface area contributed by atoms with Gasteiger partial charge >= 0.3 is 0 Å². The first kappa shape index (κ1) is 19.5. The van der Waals surface area contributed by atoms with E-state index in [0.29, 0.717) is 11.5 Å². The van der Waals surface area contributed by atoms with Crippen molar-refractivity contribution in [3.05, 3.63) is 100 Å². The summed E-state index contributed by atoms with van der Waals surface area (Å²) in [7, 11) is 3.15. The van der Waals surface area contributed by atoms with Crippen molar-refractivity contribution >= 4 is 5.52 Å². The third-order valence-electron chi connectivity index (χ3n) is 5.28. The van der Waals surface area contributed by atoms with Crippen LogP contribution < -0.4 is 9.47 Å². The minimum absolute atomic E-state index is 0.260. The van der Waals surface area contributed by atoms with Crippen LogP contribution in [0.2, 0.25) is 0 Å². The number of nitro groups is 1. The third-order valence-corrected chi connectivity index (χ3v) is 5.28. The third kappa shape index (κ3) is 3.59. The maximum Gasteiger partial charge on any atom is 0.216 e. The molecule has 0 N–H and O–H groups in total. The molecule has 4 aromatic rings. The van der Waals surface area contributed by atoms with E-state index in [1.54, 1.807) is 20.3 Å². The summed E-state index contributed by atoms with van der Waals surface area (Å²) in [6.45, 7) is -0.260. The quantitative estimate of drug-likeness (QED) is 0.321. The second-order valence-corrected chi connectivity index (χ2v) is 6.98. The number of fused-ring (bicyclic) bond motifs is 1. The van der Waals surface area contributed by atoms with Crippen LogP contribution in [0.4, 0.5) is 0 Å². The number of hydrogen-bond acceptors (Lipinski definition) is 4. The zero-order valence-electron chi connectivity index (χ0n) is 16.8. The van der Waals surface area contributed by atoms with Crippen LogP contribution in [0.1, 0.15) is 17.2 Å². The van der Waals surface area contributed by atoms with Gasteiger partial charge in [-0.2, -0.15) is 0 Å². The van der Waals surface area contributed by atoms with Crippen LogP contribution in [0.25, 0.3) is 16.6 Å². The Hall–Kier alpha value is -3.80. The fourth-order valence-electron chi connectivity index (χ4n) is 3.94. The molecular formula is C24H22N2O4. The number of aromatic nitrogens is 1. The van der Waals surface area contributed by atoms with E-state index >= 15 is 0 Å². The van der Waals surface area contributed by atoms with Gasteiger partial charge in [-0.1, -0.05) is 42.5 Å². The lowest BCUT2D eigenvalue weighted by Crippen LogP contribution is -2.17. The molecule has 0 unspecified atom stereocenters. The molecule has 4 rings (SSSR count). The maximum absolute atomic E-state index is 11.7. The summed E-state index contributed by atoms with van der Waals surface area (Å²) >= 11 is 0. The topological polar surface area (TPSA) is 66.0 Å². The van der Waals surface area contributed by atoms with Crippen LogP contribution in [-0.4, -0.2) is 30.1 Å². The van der Waals surface area contributed by atoms with E-state index in [1.807, 2.05) is 71.3 Å². The standard InChI is InChI=1S/C24H22N2O4/c1-29-19-11-12-20(23(15-19)30-2)22(16-26(27)28)24-21(17-8-4-3-5-9-17)14-18-10-6-7-13-25(18)24/h3-15,22H,16H2,1-2H3/t22-/m0/s1. The molecule has 0 saturated carbocycles. The first-order valence-electron chi connectivity index (χ1n) is 9.61. The van der Waals surface area contributed by atoms with Crippen molar-refractivity contribution in [1.82, 2.24) is 4.40 Å². The van der Waals surface area contributed by atoms with Crippen LogP contribution in [-0.2, 0) is 0 Å². The maximum atomic E-state index is 11.7. The molecule has 0 amide bonds. The highest BCUT2D eigenvalue weighted by Crippen LogP contribution is 2.40. The van der Waals surface area contributed by atoms with E-state index in [9.17, 15) is 10.1 Å². The molecule has 0 aliphatic heterocycles. The number of rotatable bonds is 7. The average molecular weight is 402 g/mol. The Bertz CT molecular complexity index is 1180. The highest BCUT2D eigenvalue weighted by atomic mass is 16.6. The zero-order chi connectivity index (χ0) is 21.1. The fourth-order valence-corrected chi connectivity index (χ4v) is 3.94. The van der Waals surface area contributed by atoms with Gasteiger partial charge in [0.25, 0.3) is 0 Å². The largest absolute Gasteiger partial charge is 0.497 e. The zero-order valence-corrected chi connectivity index (χ0v) is 16.8. The molecule has 0 spiro atoms. The van der Waals surface area contributed by atoms with Crippen LogP contribution in [0.5, 0.6) is 11.5 Å². The van der Waals surface area contributed by atoms with Gasteiger partial charge in [-0.3, -0.25) is 10.1 Å². The van der Waals surface area contributed by atoms with Gasteiger partial charge in [0.1, 0.15) is 11.5 Å². The highest BCUT2D eigenvalue weighted by molar-refractivity contribution is 5.75. The number of benzene rings is 2. The first-order chi connectivity index (χ1) is 14.6. The van der Waals surface area contributed by atoms with Crippen molar-refractivity contribution in [3.8, 4) is 22.6 Å². The normalized spacial score (nSPS) is 11.9. The summed E-state index contributed by atoms with van der Waals surface area (Å²) in [5.41, 5.74) is 4.56. The predicted molar refractivity (Wildman–Crippen MR) is 116 cm³/mol. The Morgan fingerprint density at radius 2 is 1.73 bits per heavy atom. The predicted octanol–water partition coefficient (Wildman–Crippen LogP) is 5.03. The van der Waals surface area contributed by atoms with Crippen molar-refractivity contribution in [2.45, 2.75) is 5.92 Å². The molecule has 152 valence electrons. The summed E-state index contributed by atoms with van der Waals surface area (Å²) in [5.74, 6) is 0.686. The second kappa shape index (κ2) is 8.29. The summed E-state index contributed by atoms with van der Waals surface area (Å²) in [6.07, 6.45) is 1.94. The van der Waals surface area contributed by atoms with Gasteiger partial charge in [0, 0.05) is 39.5 Å². The Labute approximate surface area is 174 Å². The van der Waals surface area contributed by atoms with E-state index in [1.165, 1.54) is 0 Å². The molecule has 30 heavy (non-hydrogen) atoms. The lowest BCUT2D eigenvalue weighted by molar-refractivity contribution is -0.482.